The Bertz CT molecular complexity index is 2970. The lowest BCUT2D eigenvalue weighted by molar-refractivity contribution is -0.384. The highest BCUT2D eigenvalue weighted by Crippen LogP contribution is 2.50. The lowest BCUT2D eigenvalue weighted by Gasteiger charge is -2.57. The number of nitro benzene ring substituents is 1. The molecule has 2 aromatic heterocycles. The first-order valence-corrected chi connectivity index (χ1v) is 26.2. The molecule has 10 rings (SSSR count). The largest absolute Gasteiger partial charge is 0.489 e. The van der Waals surface area contributed by atoms with Gasteiger partial charge >= 0.3 is 0 Å². The number of nitro groups is 1. The summed E-state index contributed by atoms with van der Waals surface area (Å²) in [6.45, 7) is 11.0. The molecule has 378 valence electrons. The van der Waals surface area contributed by atoms with Gasteiger partial charge in [-0.05, 0) is 120 Å². The summed E-state index contributed by atoms with van der Waals surface area (Å²) in [6.07, 6.45) is 8.88. The number of rotatable bonds is 13. The van der Waals surface area contributed by atoms with Gasteiger partial charge in [-0.1, -0.05) is 30.7 Å². The zero-order valence-corrected chi connectivity index (χ0v) is 41.3. The number of likely N-dealkylation sites (tertiary alicyclic amines) is 1. The average molecular weight is 996 g/mol. The van der Waals surface area contributed by atoms with Gasteiger partial charge in [-0.2, -0.15) is 4.98 Å². The number of carbonyl (C=O) groups excluding carboxylic acids is 1. The number of aliphatic hydroxyl groups is 2. The van der Waals surface area contributed by atoms with Crippen molar-refractivity contribution in [1.82, 2.24) is 19.6 Å². The summed E-state index contributed by atoms with van der Waals surface area (Å²) in [4.78, 5) is 37.5. The molecule has 2 saturated carbocycles. The van der Waals surface area contributed by atoms with Gasteiger partial charge in [-0.15, -0.1) is 0 Å². The second kappa shape index (κ2) is 18.5. The highest BCUT2D eigenvalue weighted by Gasteiger charge is 2.50. The van der Waals surface area contributed by atoms with E-state index in [1.165, 1.54) is 17.7 Å². The number of carbonyl (C=O) groups is 1. The van der Waals surface area contributed by atoms with Gasteiger partial charge in [-0.25, -0.2) is 17.5 Å². The Balaban J connectivity index is 0.889. The molecule has 3 aliphatic heterocycles. The van der Waals surface area contributed by atoms with Crippen molar-refractivity contribution >= 4 is 44.0 Å². The van der Waals surface area contributed by atoms with Crippen molar-refractivity contribution in [2.45, 2.75) is 120 Å². The van der Waals surface area contributed by atoms with Gasteiger partial charge in [0.25, 0.3) is 27.5 Å². The van der Waals surface area contributed by atoms with E-state index in [0.29, 0.717) is 50.7 Å². The summed E-state index contributed by atoms with van der Waals surface area (Å²) < 4.78 is 63.4. The number of fused-ring (bicyclic) bond motifs is 2. The minimum atomic E-state index is -4.77. The third kappa shape index (κ3) is 9.60. The molecule has 3 atom stereocenters. The summed E-state index contributed by atoms with van der Waals surface area (Å²) in [5.74, 6) is -1.34. The maximum atomic E-state index is 14.9. The minimum Gasteiger partial charge on any atom is -0.489 e. The Morgan fingerprint density at radius 2 is 1.79 bits per heavy atom. The van der Waals surface area contributed by atoms with E-state index in [2.05, 4.69) is 41.9 Å². The van der Waals surface area contributed by atoms with Crippen LogP contribution < -0.4 is 29.1 Å². The summed E-state index contributed by atoms with van der Waals surface area (Å²) in [6, 6.07) is 16.7. The summed E-state index contributed by atoms with van der Waals surface area (Å²) in [7, 11) is -4.77. The molecular weight excluding hydrogens is 934 g/mol. The second-order valence-corrected chi connectivity index (χ2v) is 22.8. The first-order chi connectivity index (χ1) is 33.8. The number of amides is 1. The molecule has 1 spiro atoms. The van der Waals surface area contributed by atoms with Crippen LogP contribution in [0.4, 0.5) is 21.5 Å². The Hall–Kier alpha value is -6.02. The highest BCUT2D eigenvalue weighted by molar-refractivity contribution is 7.90. The van der Waals surface area contributed by atoms with Crippen molar-refractivity contribution in [2.75, 3.05) is 49.6 Å². The predicted molar refractivity (Wildman–Crippen MR) is 264 cm³/mol. The van der Waals surface area contributed by atoms with E-state index in [9.17, 15) is 37.9 Å². The van der Waals surface area contributed by atoms with Gasteiger partial charge in [0.2, 0.25) is 0 Å². The number of piperidine rings is 1. The quantitative estimate of drug-likeness (QED) is 0.0552. The average Bonchev–Trinajstić information content (AvgIpc) is 3.96. The third-order valence-electron chi connectivity index (χ3n) is 15.7. The molecule has 0 radical (unpaired) electrons. The molecule has 5 N–H and O–H groups in total. The van der Waals surface area contributed by atoms with Gasteiger partial charge in [0.15, 0.2) is 17.2 Å². The van der Waals surface area contributed by atoms with Crippen LogP contribution in [-0.4, -0.2) is 101 Å². The molecule has 1 amide bonds. The minimum absolute atomic E-state index is 0.0127. The Morgan fingerprint density at radius 1 is 1.04 bits per heavy atom. The number of ether oxygens (including phenoxy) is 3. The van der Waals surface area contributed by atoms with Crippen LogP contribution in [0.2, 0.25) is 0 Å². The van der Waals surface area contributed by atoms with Crippen molar-refractivity contribution in [3.05, 3.63) is 99.5 Å². The van der Waals surface area contributed by atoms with Gasteiger partial charge in [0.05, 0.1) is 44.6 Å². The zero-order valence-electron chi connectivity index (χ0n) is 40.5. The van der Waals surface area contributed by atoms with E-state index in [1.54, 1.807) is 26.0 Å². The van der Waals surface area contributed by atoms with Crippen LogP contribution >= 0.6 is 0 Å². The first-order valence-electron chi connectivity index (χ1n) is 24.7. The smallest absolute Gasteiger partial charge is 0.297 e. The lowest BCUT2D eigenvalue weighted by Crippen LogP contribution is -2.63. The number of nitrogens with zero attached hydrogens (tertiary/aromatic N) is 4. The number of H-pyrrole nitrogens is 1. The van der Waals surface area contributed by atoms with Crippen LogP contribution in [0, 0.1) is 27.3 Å². The van der Waals surface area contributed by atoms with Crippen LogP contribution in [-0.2, 0) is 15.6 Å². The number of aromatic nitrogens is 2. The lowest BCUT2D eigenvalue weighted by atomic mass is 9.70. The molecule has 19 heteroatoms. The maximum Gasteiger partial charge on any atom is 0.297 e. The van der Waals surface area contributed by atoms with E-state index in [4.69, 9.17) is 14.2 Å². The maximum absolute atomic E-state index is 14.9. The number of sulfonamides is 1. The molecule has 5 aromatic rings. The Kier molecular flexibility index (Phi) is 12.7. The molecule has 5 aliphatic rings. The molecule has 3 aromatic carbocycles. The van der Waals surface area contributed by atoms with Gasteiger partial charge in [0.1, 0.15) is 23.8 Å². The fourth-order valence-corrected chi connectivity index (χ4v) is 12.8. The van der Waals surface area contributed by atoms with Crippen LogP contribution in [0.15, 0.2) is 71.8 Å². The van der Waals surface area contributed by atoms with Gasteiger partial charge in [0, 0.05) is 68.4 Å². The van der Waals surface area contributed by atoms with Crippen LogP contribution in [0.1, 0.15) is 113 Å². The summed E-state index contributed by atoms with van der Waals surface area (Å²) >= 11 is 0. The van der Waals surface area contributed by atoms with Crippen LogP contribution in [0.25, 0.3) is 11.0 Å². The third-order valence-corrected chi connectivity index (χ3v) is 17.0. The Labute approximate surface area is 412 Å². The molecule has 5 heterocycles. The summed E-state index contributed by atoms with van der Waals surface area (Å²) in [5, 5.41) is 37.3. The number of nitrogens with one attached hydrogen (secondary N) is 3. The van der Waals surface area contributed by atoms with Crippen LogP contribution in [0.3, 0.4) is 0 Å². The van der Waals surface area contributed by atoms with Crippen molar-refractivity contribution in [3.63, 3.8) is 0 Å². The molecule has 0 bridgehead atoms. The molecule has 2 saturated heterocycles. The zero-order chi connectivity index (χ0) is 50.0. The number of pyridine rings is 1. The fraction of sp³-hybridized carbons (Fsp3) is 0.500. The number of aromatic amines is 1. The molecule has 0 unspecified atom stereocenters. The molecule has 17 nitrogen and oxygen atoms in total. The van der Waals surface area contributed by atoms with E-state index in [0.717, 1.165) is 74.8 Å². The normalized spacial score (nSPS) is 24.4. The molecular formula is C52H62FN7O10S. The second-order valence-electron chi connectivity index (χ2n) is 21.1. The topological polar surface area (TPSA) is 222 Å². The number of halogens is 1. The van der Waals surface area contributed by atoms with E-state index < -0.39 is 48.5 Å². The summed E-state index contributed by atoms with van der Waals surface area (Å²) in [5.41, 5.74) is 0.931. The first kappa shape index (κ1) is 48.6. The monoisotopic (exact) mass is 995 g/mol. The molecule has 4 fully saturated rings. The molecule has 71 heavy (non-hydrogen) atoms. The Morgan fingerprint density at radius 3 is 2.51 bits per heavy atom. The van der Waals surface area contributed by atoms with Crippen molar-refractivity contribution < 1.29 is 46.9 Å². The van der Waals surface area contributed by atoms with E-state index in [1.807, 2.05) is 26.0 Å². The number of hydrogen-bond donors (Lipinski definition) is 5. The number of hydrogen-bond acceptors (Lipinski definition) is 14. The van der Waals surface area contributed by atoms with Crippen LogP contribution in [0.5, 0.6) is 23.1 Å². The van der Waals surface area contributed by atoms with Crippen molar-refractivity contribution in [1.29, 1.82) is 0 Å². The van der Waals surface area contributed by atoms with Crippen molar-refractivity contribution in [2.24, 2.45) is 11.3 Å². The van der Waals surface area contributed by atoms with E-state index in [-0.39, 0.29) is 76.0 Å². The SMILES string of the molecule is CCOc1nc2[nH]cc(F)c2cc1Oc1cc(N2CCC3(CC2)CN([C@@H]2CCC[C@@H]2c2ccccc2C(C)(C)O)C3)ccc1C(=O)NS(=O)(=O)c1cc2c(c([N+](=O)[O-])c1)N[C@@H]([C@H]1CC[C@](C)(O)CC1)CO2. The number of anilines is 2. The molecule has 2 aliphatic carbocycles. The highest BCUT2D eigenvalue weighted by atomic mass is 32.2. The predicted octanol–water partition coefficient (Wildman–Crippen LogP) is 8.50. The fourth-order valence-electron chi connectivity index (χ4n) is 11.8. The standard InChI is InChI=1S/C52H62FN7O10S/c1-5-68-49-45(26-37-39(53)27-54-47(37)56-49)70-43-23-32(58-21-19-52(20-22-58)29-59(30-52)41-12-8-10-35(41)34-9-6-7-11-38(34)50(2,3)62)13-14-36(43)48(61)57-71(66,67)33-24-42(60(64)65)46-44(25-33)69-28-40(55-46)31-15-17-51(4,63)18-16-31/h6-7,9,11,13-14,23-27,31,35,40-41,55,62-63H,5,8,10,12,15-22,28-30H2,1-4H3,(H,54,56)(H,57,61)/t31-,35-,40-,41-,51-/m1/s1. The van der Waals surface area contributed by atoms with E-state index >= 15 is 0 Å². The number of benzene rings is 3. The van der Waals surface area contributed by atoms with Gasteiger partial charge < -0.3 is 39.6 Å². The van der Waals surface area contributed by atoms with Gasteiger partial charge in [-0.3, -0.25) is 19.8 Å². The van der Waals surface area contributed by atoms with Crippen molar-refractivity contribution in [3.8, 4) is 23.1 Å².